The Kier molecular flexibility index (Phi) is 4.53. The number of carbonyl (C=O) groups is 1. The molecule has 2 aromatic carbocycles. The van der Waals surface area contributed by atoms with E-state index in [1.807, 2.05) is 37.1 Å². The Morgan fingerprint density at radius 2 is 1.60 bits per heavy atom. The molecule has 0 saturated heterocycles. The van der Waals surface area contributed by atoms with E-state index in [1.54, 1.807) is 0 Å². The highest BCUT2D eigenvalue weighted by Crippen LogP contribution is 2.23. The summed E-state index contributed by atoms with van der Waals surface area (Å²) in [5.41, 5.74) is 3.47. The van der Waals surface area contributed by atoms with Crippen molar-refractivity contribution in [2.45, 2.75) is 13.0 Å². The lowest BCUT2D eigenvalue weighted by molar-refractivity contribution is -0.138. The molecule has 0 amide bonds. The highest BCUT2D eigenvalue weighted by molar-refractivity contribution is 5.69. The van der Waals surface area contributed by atoms with Crippen molar-refractivity contribution in [1.82, 2.24) is 4.90 Å². The van der Waals surface area contributed by atoms with Gasteiger partial charge in [0, 0.05) is 6.04 Å². The number of rotatable bonds is 5. The fraction of sp³-hybridized carbons (Fsp3) is 0.235. The standard InChI is InChI=1S/C17H19NO2/c1-13(18(2)12-17(19)20)14-8-10-16(11-9-14)15-6-4-3-5-7-15/h3-11,13H,12H2,1-2H3,(H,19,20)/t13-/m1/s1. The molecule has 0 aromatic heterocycles. The summed E-state index contributed by atoms with van der Waals surface area (Å²) in [4.78, 5) is 12.6. The molecule has 0 spiro atoms. The van der Waals surface area contributed by atoms with E-state index in [1.165, 1.54) is 11.1 Å². The molecule has 3 nitrogen and oxygen atoms in total. The summed E-state index contributed by atoms with van der Waals surface area (Å²) in [6.07, 6.45) is 0. The minimum absolute atomic E-state index is 0.0433. The topological polar surface area (TPSA) is 40.5 Å². The zero-order valence-electron chi connectivity index (χ0n) is 11.8. The summed E-state index contributed by atoms with van der Waals surface area (Å²) in [6.45, 7) is 2.06. The van der Waals surface area contributed by atoms with Crippen LogP contribution in [0, 0.1) is 0 Å². The van der Waals surface area contributed by atoms with Crippen LogP contribution in [0.5, 0.6) is 0 Å². The summed E-state index contributed by atoms with van der Waals surface area (Å²) in [7, 11) is 1.82. The third kappa shape index (κ3) is 3.45. The third-order valence-electron chi connectivity index (χ3n) is 3.55. The van der Waals surface area contributed by atoms with Crippen LogP contribution in [0.15, 0.2) is 54.6 Å². The van der Waals surface area contributed by atoms with Gasteiger partial charge in [-0.1, -0.05) is 54.6 Å². The van der Waals surface area contributed by atoms with E-state index in [-0.39, 0.29) is 12.6 Å². The van der Waals surface area contributed by atoms with Crippen LogP contribution in [0.1, 0.15) is 18.5 Å². The third-order valence-corrected chi connectivity index (χ3v) is 3.55. The van der Waals surface area contributed by atoms with E-state index < -0.39 is 5.97 Å². The number of aliphatic carboxylic acids is 1. The van der Waals surface area contributed by atoms with Crippen molar-refractivity contribution in [1.29, 1.82) is 0 Å². The van der Waals surface area contributed by atoms with Gasteiger partial charge in [0.25, 0.3) is 0 Å². The maximum atomic E-state index is 10.7. The first kappa shape index (κ1) is 14.3. The number of benzene rings is 2. The molecule has 0 saturated carbocycles. The van der Waals surface area contributed by atoms with Crippen molar-refractivity contribution < 1.29 is 9.90 Å². The Hall–Kier alpha value is -2.13. The van der Waals surface area contributed by atoms with E-state index in [9.17, 15) is 4.79 Å². The number of nitrogens with zero attached hydrogens (tertiary/aromatic N) is 1. The zero-order chi connectivity index (χ0) is 14.5. The van der Waals surface area contributed by atoms with Crippen molar-refractivity contribution >= 4 is 5.97 Å². The largest absolute Gasteiger partial charge is 0.480 e. The number of hydrogen-bond acceptors (Lipinski definition) is 2. The Morgan fingerprint density at radius 1 is 1.05 bits per heavy atom. The molecule has 0 unspecified atom stereocenters. The quantitative estimate of drug-likeness (QED) is 0.904. The van der Waals surface area contributed by atoms with Crippen molar-refractivity contribution in [3.63, 3.8) is 0 Å². The summed E-state index contributed by atoms with van der Waals surface area (Å²) in [6, 6.07) is 18.6. The Labute approximate surface area is 119 Å². The molecule has 0 bridgehead atoms. The molecule has 0 aliphatic carbocycles. The summed E-state index contributed by atoms with van der Waals surface area (Å²) >= 11 is 0. The molecule has 1 N–H and O–H groups in total. The number of hydrogen-bond donors (Lipinski definition) is 1. The molecular weight excluding hydrogens is 250 g/mol. The summed E-state index contributed by atoms with van der Waals surface area (Å²) < 4.78 is 0. The molecule has 0 heterocycles. The molecule has 2 aromatic rings. The lowest BCUT2D eigenvalue weighted by atomic mass is 10.0. The van der Waals surface area contributed by atoms with Crippen LogP contribution < -0.4 is 0 Å². The van der Waals surface area contributed by atoms with Crippen LogP contribution >= 0.6 is 0 Å². The minimum Gasteiger partial charge on any atom is -0.480 e. The lowest BCUT2D eigenvalue weighted by Gasteiger charge is -2.23. The lowest BCUT2D eigenvalue weighted by Crippen LogP contribution is -2.28. The predicted molar refractivity (Wildman–Crippen MR) is 80.6 cm³/mol. The Morgan fingerprint density at radius 3 is 2.15 bits per heavy atom. The van der Waals surface area contributed by atoms with Crippen LogP contribution in [0.25, 0.3) is 11.1 Å². The number of carboxylic acid groups (broad SMARTS) is 1. The average Bonchev–Trinajstić information content (AvgIpc) is 2.47. The Bertz CT molecular complexity index is 563. The Balaban J connectivity index is 2.14. The van der Waals surface area contributed by atoms with Gasteiger partial charge in [-0.3, -0.25) is 9.69 Å². The minimum atomic E-state index is -0.805. The maximum absolute atomic E-state index is 10.7. The van der Waals surface area contributed by atoms with E-state index >= 15 is 0 Å². The SMILES string of the molecule is C[C@H](c1ccc(-c2ccccc2)cc1)N(C)CC(=O)O. The number of carboxylic acids is 1. The maximum Gasteiger partial charge on any atom is 0.317 e. The van der Waals surface area contributed by atoms with Gasteiger partial charge in [-0.05, 0) is 30.7 Å². The van der Waals surface area contributed by atoms with Gasteiger partial charge in [0.1, 0.15) is 0 Å². The van der Waals surface area contributed by atoms with E-state index in [4.69, 9.17) is 5.11 Å². The normalized spacial score (nSPS) is 12.3. The van der Waals surface area contributed by atoms with Crippen molar-refractivity contribution in [3.05, 3.63) is 60.2 Å². The predicted octanol–water partition coefficient (Wildman–Crippen LogP) is 3.43. The first-order chi connectivity index (χ1) is 9.58. The number of likely N-dealkylation sites (N-methyl/N-ethyl adjacent to an activating group) is 1. The van der Waals surface area contributed by atoms with Gasteiger partial charge < -0.3 is 5.11 Å². The highest BCUT2D eigenvalue weighted by atomic mass is 16.4. The van der Waals surface area contributed by atoms with Gasteiger partial charge in [0.2, 0.25) is 0 Å². The fourth-order valence-electron chi connectivity index (χ4n) is 2.19. The van der Waals surface area contributed by atoms with Crippen LogP contribution in [0.4, 0.5) is 0 Å². The van der Waals surface area contributed by atoms with Crippen molar-refractivity contribution in [2.75, 3.05) is 13.6 Å². The van der Waals surface area contributed by atoms with Crippen LogP contribution in [-0.2, 0) is 4.79 Å². The second-order valence-corrected chi connectivity index (χ2v) is 4.97. The molecular formula is C17H19NO2. The van der Waals surface area contributed by atoms with E-state index in [0.717, 1.165) is 5.56 Å². The average molecular weight is 269 g/mol. The van der Waals surface area contributed by atoms with Gasteiger partial charge in [-0.2, -0.15) is 0 Å². The smallest absolute Gasteiger partial charge is 0.317 e. The second kappa shape index (κ2) is 6.35. The molecule has 1 atom stereocenters. The van der Waals surface area contributed by atoms with Crippen molar-refractivity contribution in [2.24, 2.45) is 0 Å². The molecule has 3 heteroatoms. The molecule has 2 rings (SSSR count). The molecule has 0 radical (unpaired) electrons. The van der Waals surface area contributed by atoms with Gasteiger partial charge in [0.15, 0.2) is 0 Å². The molecule has 0 fully saturated rings. The van der Waals surface area contributed by atoms with Gasteiger partial charge >= 0.3 is 5.97 Å². The van der Waals surface area contributed by atoms with Crippen molar-refractivity contribution in [3.8, 4) is 11.1 Å². The van der Waals surface area contributed by atoms with Crippen LogP contribution in [0.3, 0.4) is 0 Å². The summed E-state index contributed by atoms with van der Waals surface area (Å²) in [5, 5.41) is 8.83. The van der Waals surface area contributed by atoms with Gasteiger partial charge in [0.05, 0.1) is 6.54 Å². The fourth-order valence-corrected chi connectivity index (χ4v) is 2.19. The van der Waals surface area contributed by atoms with Crippen LogP contribution in [-0.4, -0.2) is 29.6 Å². The van der Waals surface area contributed by atoms with Gasteiger partial charge in [-0.15, -0.1) is 0 Å². The van der Waals surface area contributed by atoms with E-state index in [0.29, 0.717) is 0 Å². The monoisotopic (exact) mass is 269 g/mol. The zero-order valence-corrected chi connectivity index (χ0v) is 11.8. The first-order valence-corrected chi connectivity index (χ1v) is 6.65. The molecule has 0 aliphatic rings. The van der Waals surface area contributed by atoms with Crippen LogP contribution in [0.2, 0.25) is 0 Å². The molecule has 20 heavy (non-hydrogen) atoms. The molecule has 0 aliphatic heterocycles. The van der Waals surface area contributed by atoms with E-state index in [2.05, 4.69) is 36.4 Å². The summed E-state index contributed by atoms with van der Waals surface area (Å²) in [5.74, 6) is -0.805. The highest BCUT2D eigenvalue weighted by Gasteiger charge is 2.14. The van der Waals surface area contributed by atoms with Gasteiger partial charge in [-0.25, -0.2) is 0 Å². The second-order valence-electron chi connectivity index (χ2n) is 4.97. The molecule has 104 valence electrons. The first-order valence-electron chi connectivity index (χ1n) is 6.65.